The normalized spacial score (nSPS) is 10.6. The zero-order valence-electron chi connectivity index (χ0n) is 13.8. The minimum atomic E-state index is -0.623. The molecule has 0 aliphatic carbocycles. The van der Waals surface area contributed by atoms with Crippen LogP contribution >= 0.6 is 0 Å². The fourth-order valence-electron chi connectivity index (χ4n) is 1.70. The Bertz CT molecular complexity index is 665. The molecular weight excluding hydrogens is 312 g/mol. The maximum absolute atomic E-state index is 11.9. The predicted octanol–water partition coefficient (Wildman–Crippen LogP) is 2.27. The van der Waals surface area contributed by atoms with Crippen molar-refractivity contribution in [3.8, 4) is 5.75 Å². The Kier molecular flexibility index (Phi) is 7.77. The van der Waals surface area contributed by atoms with Crippen LogP contribution in [-0.4, -0.2) is 31.5 Å². The van der Waals surface area contributed by atoms with Gasteiger partial charge in [-0.15, -0.1) is 0 Å². The van der Waals surface area contributed by atoms with Gasteiger partial charge in [0, 0.05) is 18.7 Å². The average Bonchev–Trinajstić information content (AvgIpc) is 2.53. The first kappa shape index (κ1) is 19.0. The third kappa shape index (κ3) is 6.78. The molecule has 0 unspecified atom stereocenters. The van der Waals surface area contributed by atoms with E-state index in [2.05, 4.69) is 10.6 Å². The minimum absolute atomic E-state index is 0.237. The highest BCUT2D eigenvalue weighted by Crippen LogP contribution is 2.27. The first-order valence-corrected chi connectivity index (χ1v) is 7.18. The van der Waals surface area contributed by atoms with E-state index in [9.17, 15) is 14.4 Å². The van der Waals surface area contributed by atoms with Gasteiger partial charge in [-0.1, -0.05) is 18.2 Å². The lowest BCUT2D eigenvalue weighted by molar-refractivity contribution is -0.142. The standard InChI is InChI=1S/C17H20N2O5/c1-4-5-6-7-17(22)24-11-16(21)19-14-10-13(18-12(2)20)8-9-15(14)23-3/h4-10H,11H2,1-3H3,(H,18,20)(H,19,21)/b5-4+,7-6+. The first-order chi connectivity index (χ1) is 11.5. The number of carbonyl (C=O) groups excluding carboxylic acids is 3. The summed E-state index contributed by atoms with van der Waals surface area (Å²) in [5.41, 5.74) is 0.860. The van der Waals surface area contributed by atoms with Crippen molar-refractivity contribution >= 4 is 29.2 Å². The van der Waals surface area contributed by atoms with Crippen LogP contribution in [0.1, 0.15) is 13.8 Å². The smallest absolute Gasteiger partial charge is 0.331 e. The topological polar surface area (TPSA) is 93.7 Å². The Hall–Kier alpha value is -3.09. The quantitative estimate of drug-likeness (QED) is 0.454. The number of allylic oxidation sites excluding steroid dienone is 3. The van der Waals surface area contributed by atoms with E-state index in [0.29, 0.717) is 17.1 Å². The highest BCUT2D eigenvalue weighted by atomic mass is 16.5. The monoisotopic (exact) mass is 332 g/mol. The average molecular weight is 332 g/mol. The van der Waals surface area contributed by atoms with Gasteiger partial charge in [-0.2, -0.15) is 0 Å². The summed E-state index contributed by atoms with van der Waals surface area (Å²) in [5.74, 6) is -0.973. The number of methoxy groups -OCH3 is 1. The Labute approximate surface area is 140 Å². The van der Waals surface area contributed by atoms with Crippen molar-refractivity contribution in [2.75, 3.05) is 24.4 Å². The molecule has 0 aliphatic heterocycles. The molecule has 128 valence electrons. The van der Waals surface area contributed by atoms with Gasteiger partial charge in [0.2, 0.25) is 5.91 Å². The molecule has 2 N–H and O–H groups in total. The summed E-state index contributed by atoms with van der Waals surface area (Å²) in [5, 5.41) is 5.17. The number of ether oxygens (including phenoxy) is 2. The van der Waals surface area contributed by atoms with Crippen molar-refractivity contribution in [3.63, 3.8) is 0 Å². The number of hydrogen-bond donors (Lipinski definition) is 2. The number of carbonyl (C=O) groups is 3. The molecule has 24 heavy (non-hydrogen) atoms. The molecule has 1 rings (SSSR count). The van der Waals surface area contributed by atoms with Gasteiger partial charge in [0.05, 0.1) is 12.8 Å². The molecular formula is C17H20N2O5. The van der Waals surface area contributed by atoms with Crippen LogP contribution < -0.4 is 15.4 Å². The second kappa shape index (κ2) is 9.83. The van der Waals surface area contributed by atoms with Crippen LogP contribution in [0.5, 0.6) is 5.75 Å². The molecule has 0 atom stereocenters. The largest absolute Gasteiger partial charge is 0.495 e. The lowest BCUT2D eigenvalue weighted by atomic mass is 10.2. The summed E-state index contributed by atoms with van der Waals surface area (Å²) < 4.78 is 9.95. The van der Waals surface area contributed by atoms with Crippen molar-refractivity contribution < 1.29 is 23.9 Å². The van der Waals surface area contributed by atoms with Gasteiger partial charge in [0.15, 0.2) is 6.61 Å². The van der Waals surface area contributed by atoms with E-state index in [1.54, 1.807) is 30.4 Å². The first-order valence-electron chi connectivity index (χ1n) is 7.18. The Morgan fingerprint density at radius 1 is 1.17 bits per heavy atom. The van der Waals surface area contributed by atoms with Crippen molar-refractivity contribution in [2.45, 2.75) is 13.8 Å². The van der Waals surface area contributed by atoms with Crippen LogP contribution in [0.15, 0.2) is 42.5 Å². The van der Waals surface area contributed by atoms with E-state index in [0.717, 1.165) is 0 Å². The molecule has 0 saturated heterocycles. The van der Waals surface area contributed by atoms with Crippen LogP contribution in [0.3, 0.4) is 0 Å². The molecule has 1 aromatic rings. The van der Waals surface area contributed by atoms with E-state index in [-0.39, 0.29) is 5.91 Å². The zero-order valence-corrected chi connectivity index (χ0v) is 13.8. The second-order valence-corrected chi connectivity index (χ2v) is 4.64. The molecule has 2 amide bonds. The van der Waals surface area contributed by atoms with E-state index in [4.69, 9.17) is 9.47 Å². The molecule has 0 saturated carbocycles. The molecule has 0 aromatic heterocycles. The lowest BCUT2D eigenvalue weighted by Crippen LogP contribution is -2.20. The van der Waals surface area contributed by atoms with Gasteiger partial charge in [0.25, 0.3) is 5.91 Å². The van der Waals surface area contributed by atoms with E-state index < -0.39 is 18.5 Å². The number of amides is 2. The third-order valence-corrected chi connectivity index (χ3v) is 2.68. The van der Waals surface area contributed by atoms with Gasteiger partial charge in [-0.3, -0.25) is 9.59 Å². The number of rotatable bonds is 7. The molecule has 0 fully saturated rings. The molecule has 0 bridgehead atoms. The number of anilines is 2. The van der Waals surface area contributed by atoms with E-state index in [1.165, 1.54) is 26.2 Å². The molecule has 7 heteroatoms. The van der Waals surface area contributed by atoms with Crippen molar-refractivity contribution in [1.82, 2.24) is 0 Å². The van der Waals surface area contributed by atoms with Gasteiger partial charge in [-0.05, 0) is 25.1 Å². The highest BCUT2D eigenvalue weighted by molar-refractivity contribution is 5.96. The maximum atomic E-state index is 11.9. The maximum Gasteiger partial charge on any atom is 0.331 e. The Morgan fingerprint density at radius 3 is 2.54 bits per heavy atom. The highest BCUT2D eigenvalue weighted by Gasteiger charge is 2.11. The number of nitrogens with one attached hydrogen (secondary N) is 2. The molecule has 7 nitrogen and oxygen atoms in total. The van der Waals surface area contributed by atoms with Crippen LogP contribution in [0.25, 0.3) is 0 Å². The molecule has 0 spiro atoms. The lowest BCUT2D eigenvalue weighted by Gasteiger charge is -2.12. The molecule has 1 aromatic carbocycles. The van der Waals surface area contributed by atoms with Gasteiger partial charge in [-0.25, -0.2) is 4.79 Å². The fourth-order valence-corrected chi connectivity index (χ4v) is 1.70. The summed E-state index contributed by atoms with van der Waals surface area (Å²) >= 11 is 0. The Morgan fingerprint density at radius 2 is 1.92 bits per heavy atom. The summed E-state index contributed by atoms with van der Waals surface area (Å²) in [6.45, 7) is 2.75. The summed E-state index contributed by atoms with van der Waals surface area (Å²) in [4.78, 5) is 34.3. The molecule has 0 aliphatic rings. The van der Waals surface area contributed by atoms with Crippen LogP contribution in [0.4, 0.5) is 11.4 Å². The fraction of sp³-hybridized carbons (Fsp3) is 0.235. The SMILES string of the molecule is C/C=C/C=C/C(=O)OCC(=O)Nc1cc(NC(C)=O)ccc1OC. The molecule has 0 radical (unpaired) electrons. The van der Waals surface area contributed by atoms with E-state index >= 15 is 0 Å². The van der Waals surface area contributed by atoms with Gasteiger partial charge < -0.3 is 20.1 Å². The number of benzene rings is 1. The van der Waals surface area contributed by atoms with Crippen molar-refractivity contribution in [2.24, 2.45) is 0 Å². The Balaban J connectivity index is 2.68. The van der Waals surface area contributed by atoms with Crippen LogP contribution in [0, 0.1) is 0 Å². The third-order valence-electron chi connectivity index (χ3n) is 2.68. The molecule has 0 heterocycles. The summed E-state index contributed by atoms with van der Waals surface area (Å²) in [6, 6.07) is 4.79. The summed E-state index contributed by atoms with van der Waals surface area (Å²) in [7, 11) is 1.45. The predicted molar refractivity (Wildman–Crippen MR) is 90.8 cm³/mol. The van der Waals surface area contributed by atoms with E-state index in [1.807, 2.05) is 6.92 Å². The van der Waals surface area contributed by atoms with Gasteiger partial charge >= 0.3 is 5.97 Å². The summed E-state index contributed by atoms with van der Waals surface area (Å²) in [6.07, 6.45) is 6.15. The van der Waals surface area contributed by atoms with Crippen LogP contribution in [0.2, 0.25) is 0 Å². The van der Waals surface area contributed by atoms with Crippen molar-refractivity contribution in [3.05, 3.63) is 42.5 Å². The minimum Gasteiger partial charge on any atom is -0.495 e. The number of hydrogen-bond acceptors (Lipinski definition) is 5. The zero-order chi connectivity index (χ0) is 17.9. The second-order valence-electron chi connectivity index (χ2n) is 4.64. The van der Waals surface area contributed by atoms with Gasteiger partial charge in [0.1, 0.15) is 5.75 Å². The van der Waals surface area contributed by atoms with Crippen molar-refractivity contribution in [1.29, 1.82) is 0 Å². The van der Waals surface area contributed by atoms with Crippen LogP contribution in [-0.2, 0) is 19.1 Å². The number of esters is 1.